The van der Waals surface area contributed by atoms with E-state index in [0.717, 1.165) is 24.5 Å². The molecular formula is C19H24N4O5S. The third-order valence-corrected chi connectivity index (χ3v) is 5.67. The molecule has 1 aliphatic heterocycles. The molecule has 9 nitrogen and oxygen atoms in total. The van der Waals surface area contributed by atoms with E-state index in [1.54, 1.807) is 6.07 Å². The summed E-state index contributed by atoms with van der Waals surface area (Å²) in [6, 6.07) is 9.67. The standard InChI is InChI=1S/C19H24N4O5S/c1-14-2-7-17(20-18(14)23-8-11-28-12-9-23)21-19(25)15-3-5-16(6-4-15)22-29(26,27)13-10-24/h2-7,22,24H,8-13H2,1H3,(H,20,21,25). The van der Waals surface area contributed by atoms with Crippen molar-refractivity contribution in [1.82, 2.24) is 4.98 Å². The lowest BCUT2D eigenvalue weighted by molar-refractivity contribution is 0.102. The van der Waals surface area contributed by atoms with Crippen molar-refractivity contribution in [1.29, 1.82) is 0 Å². The van der Waals surface area contributed by atoms with Crippen molar-refractivity contribution in [3.8, 4) is 0 Å². The summed E-state index contributed by atoms with van der Waals surface area (Å²) >= 11 is 0. The van der Waals surface area contributed by atoms with E-state index in [4.69, 9.17) is 9.84 Å². The zero-order chi connectivity index (χ0) is 20.9. The first-order valence-corrected chi connectivity index (χ1v) is 10.9. The van der Waals surface area contributed by atoms with Gasteiger partial charge in [-0.25, -0.2) is 13.4 Å². The van der Waals surface area contributed by atoms with E-state index in [0.29, 0.717) is 30.3 Å². The number of nitrogens with one attached hydrogen (secondary N) is 2. The number of amides is 1. The average Bonchev–Trinajstić information content (AvgIpc) is 2.70. The topological polar surface area (TPSA) is 121 Å². The molecule has 1 fully saturated rings. The summed E-state index contributed by atoms with van der Waals surface area (Å²) in [7, 11) is -3.61. The first kappa shape index (κ1) is 21.0. The maximum absolute atomic E-state index is 12.5. The third-order valence-electron chi connectivity index (χ3n) is 4.40. The molecule has 3 N–H and O–H groups in total. The molecule has 1 aromatic carbocycles. The fraction of sp³-hybridized carbons (Fsp3) is 0.368. The van der Waals surface area contributed by atoms with Crippen LogP contribution < -0.4 is 14.9 Å². The Labute approximate surface area is 169 Å². The molecule has 1 aliphatic rings. The maximum Gasteiger partial charge on any atom is 0.256 e. The lowest BCUT2D eigenvalue weighted by atomic mass is 10.2. The summed E-state index contributed by atoms with van der Waals surface area (Å²) in [4.78, 5) is 19.2. The Bertz CT molecular complexity index is 957. The lowest BCUT2D eigenvalue weighted by Crippen LogP contribution is -2.37. The smallest absolute Gasteiger partial charge is 0.256 e. The van der Waals surface area contributed by atoms with Gasteiger partial charge in [0.15, 0.2) is 0 Å². The lowest BCUT2D eigenvalue weighted by Gasteiger charge is -2.29. The van der Waals surface area contributed by atoms with Crippen molar-refractivity contribution in [2.45, 2.75) is 6.92 Å². The van der Waals surface area contributed by atoms with Crippen LogP contribution in [0.1, 0.15) is 15.9 Å². The molecule has 29 heavy (non-hydrogen) atoms. The van der Waals surface area contributed by atoms with E-state index < -0.39 is 16.6 Å². The number of rotatable bonds is 7. The number of aromatic nitrogens is 1. The first-order chi connectivity index (χ1) is 13.9. The molecular weight excluding hydrogens is 396 g/mol. The van der Waals surface area contributed by atoms with E-state index in [1.807, 2.05) is 13.0 Å². The highest BCUT2D eigenvalue weighted by molar-refractivity contribution is 7.92. The largest absolute Gasteiger partial charge is 0.395 e. The second kappa shape index (κ2) is 9.21. The van der Waals surface area contributed by atoms with E-state index in [9.17, 15) is 13.2 Å². The molecule has 156 valence electrons. The molecule has 0 saturated carbocycles. The number of pyridine rings is 1. The number of hydrogen-bond acceptors (Lipinski definition) is 7. The van der Waals surface area contributed by atoms with Crippen molar-refractivity contribution >= 4 is 33.3 Å². The van der Waals surface area contributed by atoms with Crippen molar-refractivity contribution in [3.63, 3.8) is 0 Å². The zero-order valence-electron chi connectivity index (χ0n) is 16.1. The molecule has 2 heterocycles. The molecule has 10 heteroatoms. The highest BCUT2D eigenvalue weighted by atomic mass is 32.2. The summed E-state index contributed by atoms with van der Waals surface area (Å²) in [6.45, 7) is 4.29. The van der Waals surface area contributed by atoms with Crippen LogP contribution in [-0.4, -0.2) is 63.1 Å². The van der Waals surface area contributed by atoms with Crippen molar-refractivity contribution < 1.29 is 23.1 Å². The van der Waals surface area contributed by atoms with Crippen LogP contribution in [0.3, 0.4) is 0 Å². The van der Waals surface area contributed by atoms with Crippen molar-refractivity contribution in [2.75, 3.05) is 53.6 Å². The van der Waals surface area contributed by atoms with Crippen molar-refractivity contribution in [2.24, 2.45) is 0 Å². The van der Waals surface area contributed by atoms with Crippen molar-refractivity contribution in [3.05, 3.63) is 47.5 Å². The molecule has 2 aromatic rings. The quantitative estimate of drug-likeness (QED) is 0.616. The minimum atomic E-state index is -3.61. The minimum absolute atomic E-state index is 0.318. The summed E-state index contributed by atoms with van der Waals surface area (Å²) < 4.78 is 31.1. The number of nitrogens with zero attached hydrogens (tertiary/aromatic N) is 2. The number of ether oxygens (including phenoxy) is 1. The number of benzene rings is 1. The minimum Gasteiger partial charge on any atom is -0.395 e. The number of anilines is 3. The number of aliphatic hydroxyl groups is 1. The van der Waals surface area contributed by atoms with Crippen LogP contribution in [0.5, 0.6) is 0 Å². The second-order valence-corrected chi connectivity index (χ2v) is 8.45. The van der Waals surface area contributed by atoms with E-state index in [-0.39, 0.29) is 11.7 Å². The number of aryl methyl sites for hydroxylation is 1. The number of sulfonamides is 1. The number of carbonyl (C=O) groups excluding carboxylic acids is 1. The Morgan fingerprint density at radius 3 is 2.52 bits per heavy atom. The molecule has 3 rings (SSSR count). The van der Waals surface area contributed by atoms with Gasteiger partial charge in [0, 0.05) is 24.3 Å². The van der Waals surface area contributed by atoms with Crippen LogP contribution in [0.2, 0.25) is 0 Å². The Morgan fingerprint density at radius 1 is 1.17 bits per heavy atom. The molecule has 1 aromatic heterocycles. The van der Waals surface area contributed by atoms with Crippen LogP contribution in [0.4, 0.5) is 17.3 Å². The fourth-order valence-corrected chi connectivity index (χ4v) is 3.75. The molecule has 0 bridgehead atoms. The van der Waals surface area contributed by atoms with Gasteiger partial charge in [-0.2, -0.15) is 0 Å². The molecule has 0 spiro atoms. The molecule has 1 saturated heterocycles. The van der Waals surface area contributed by atoms with Gasteiger partial charge in [-0.1, -0.05) is 6.07 Å². The van der Waals surface area contributed by atoms with Crippen LogP contribution in [0.15, 0.2) is 36.4 Å². The third kappa shape index (κ3) is 5.66. The molecule has 0 radical (unpaired) electrons. The van der Waals surface area contributed by atoms with Gasteiger partial charge in [0.05, 0.1) is 25.6 Å². The van der Waals surface area contributed by atoms with Gasteiger partial charge in [-0.15, -0.1) is 0 Å². The molecule has 0 unspecified atom stereocenters. The van der Waals surface area contributed by atoms with Crippen LogP contribution >= 0.6 is 0 Å². The molecule has 1 amide bonds. The summed E-state index contributed by atoms with van der Waals surface area (Å²) in [6.07, 6.45) is 0. The van der Waals surface area contributed by atoms with Crippen LogP contribution in [-0.2, 0) is 14.8 Å². The summed E-state index contributed by atoms with van der Waals surface area (Å²) in [5.74, 6) is 0.522. The van der Waals surface area contributed by atoms with Crippen LogP contribution in [0, 0.1) is 6.92 Å². The SMILES string of the molecule is Cc1ccc(NC(=O)c2ccc(NS(=O)(=O)CCO)cc2)nc1N1CCOCC1. The fourth-order valence-electron chi connectivity index (χ4n) is 2.91. The van der Waals surface area contributed by atoms with Gasteiger partial charge < -0.3 is 20.1 Å². The predicted octanol–water partition coefficient (Wildman–Crippen LogP) is 1.21. The summed E-state index contributed by atoms with van der Waals surface area (Å²) in [5, 5.41) is 11.5. The van der Waals surface area contributed by atoms with Gasteiger partial charge in [-0.3, -0.25) is 9.52 Å². The van der Waals surface area contributed by atoms with Gasteiger partial charge in [0.25, 0.3) is 5.91 Å². The highest BCUT2D eigenvalue weighted by Gasteiger charge is 2.16. The van der Waals surface area contributed by atoms with E-state index in [2.05, 4.69) is 19.9 Å². The van der Waals surface area contributed by atoms with E-state index in [1.165, 1.54) is 24.3 Å². The maximum atomic E-state index is 12.5. The Balaban J connectivity index is 1.68. The Hall–Kier alpha value is -2.69. The highest BCUT2D eigenvalue weighted by Crippen LogP contribution is 2.21. The summed E-state index contributed by atoms with van der Waals surface area (Å²) in [5.41, 5.74) is 1.70. The van der Waals surface area contributed by atoms with Gasteiger partial charge in [-0.05, 0) is 42.8 Å². The second-order valence-electron chi connectivity index (χ2n) is 6.61. The van der Waals surface area contributed by atoms with E-state index >= 15 is 0 Å². The molecule has 0 aliphatic carbocycles. The van der Waals surface area contributed by atoms with Gasteiger partial charge in [0.2, 0.25) is 10.0 Å². The zero-order valence-corrected chi connectivity index (χ0v) is 16.9. The van der Waals surface area contributed by atoms with Gasteiger partial charge in [0.1, 0.15) is 11.6 Å². The first-order valence-electron chi connectivity index (χ1n) is 9.21. The number of aliphatic hydroxyl groups excluding tert-OH is 1. The normalized spacial score (nSPS) is 14.5. The number of morpholine rings is 1. The predicted molar refractivity (Wildman–Crippen MR) is 111 cm³/mol. The number of carbonyl (C=O) groups is 1. The monoisotopic (exact) mass is 420 g/mol. The molecule has 0 atom stereocenters. The van der Waals surface area contributed by atoms with Crippen LogP contribution in [0.25, 0.3) is 0 Å². The van der Waals surface area contributed by atoms with Gasteiger partial charge >= 0.3 is 0 Å². The number of hydrogen-bond donors (Lipinski definition) is 3. The Kier molecular flexibility index (Phi) is 6.68. The Morgan fingerprint density at radius 2 is 1.86 bits per heavy atom. The average molecular weight is 420 g/mol.